The van der Waals surface area contributed by atoms with E-state index in [1.807, 2.05) is 19.1 Å². The van der Waals surface area contributed by atoms with Crippen molar-refractivity contribution in [3.8, 4) is 17.2 Å². The number of Topliss-reactive ketones (excluding diaryl/α,β-unsaturated/α-hetero) is 1. The van der Waals surface area contributed by atoms with E-state index in [4.69, 9.17) is 14.2 Å². The topological polar surface area (TPSA) is 95.0 Å². The number of halogens is 1. The Balaban J connectivity index is 1.72. The maximum atomic E-state index is 13.5. The fourth-order valence-corrected chi connectivity index (χ4v) is 3.48. The lowest BCUT2D eigenvalue weighted by molar-refractivity contribution is -0.157. The van der Waals surface area contributed by atoms with Gasteiger partial charge in [-0.15, -0.1) is 0 Å². The lowest BCUT2D eigenvalue weighted by atomic mass is 10.0. The molecule has 1 heterocycles. The number of ketones is 1. The third-order valence-electron chi connectivity index (χ3n) is 5.48. The second-order valence-electron chi connectivity index (χ2n) is 8.28. The van der Waals surface area contributed by atoms with Gasteiger partial charge in [-0.25, -0.2) is 9.37 Å². The molecule has 3 atom stereocenters. The van der Waals surface area contributed by atoms with Gasteiger partial charge in [0.05, 0.1) is 13.0 Å². The van der Waals surface area contributed by atoms with Crippen LogP contribution in [0.5, 0.6) is 17.2 Å². The molecule has 3 aromatic rings. The average Bonchev–Trinajstić information content (AvgIpc) is 2.84. The normalized spacial score (nSPS) is 13.4. The molecule has 0 bridgehead atoms. The Morgan fingerprint density at radius 3 is 2.31 bits per heavy atom. The molecule has 8 heteroatoms. The van der Waals surface area contributed by atoms with E-state index in [1.54, 1.807) is 38.1 Å². The van der Waals surface area contributed by atoms with Crippen LogP contribution < -0.4 is 9.47 Å². The number of hydrogen-bond donors (Lipinski definition) is 1. The number of pyridine rings is 1. The number of aromatic hydroxyl groups is 1. The summed E-state index contributed by atoms with van der Waals surface area (Å²) < 4.78 is 30.2. The molecular weight excluding hydrogens is 453 g/mol. The first-order chi connectivity index (χ1) is 16.7. The van der Waals surface area contributed by atoms with Gasteiger partial charge in [0.15, 0.2) is 29.1 Å². The molecule has 1 aromatic heterocycles. The van der Waals surface area contributed by atoms with Gasteiger partial charge in [0.1, 0.15) is 17.7 Å². The van der Waals surface area contributed by atoms with Crippen molar-refractivity contribution >= 4 is 11.8 Å². The number of benzene rings is 2. The zero-order valence-corrected chi connectivity index (χ0v) is 20.0. The Labute approximate surface area is 203 Å². The van der Waals surface area contributed by atoms with E-state index in [2.05, 4.69) is 4.98 Å². The number of hydrogen-bond acceptors (Lipinski definition) is 7. The predicted octanol–water partition coefficient (Wildman–Crippen LogP) is 5.20. The van der Waals surface area contributed by atoms with E-state index in [0.717, 1.165) is 5.56 Å². The monoisotopic (exact) mass is 481 g/mol. The van der Waals surface area contributed by atoms with Crippen LogP contribution in [-0.2, 0) is 9.53 Å². The summed E-state index contributed by atoms with van der Waals surface area (Å²) in [4.78, 5) is 29.4. The molecule has 0 aliphatic heterocycles. The van der Waals surface area contributed by atoms with Gasteiger partial charge in [-0.2, -0.15) is 0 Å². The number of carbonyl (C=O) groups excluding carboxylic acids is 2. The summed E-state index contributed by atoms with van der Waals surface area (Å²) in [5.41, 5.74) is 1.51. The molecule has 7 nitrogen and oxygen atoms in total. The maximum Gasteiger partial charge on any atom is 0.309 e. The largest absolute Gasteiger partial charge is 0.503 e. The summed E-state index contributed by atoms with van der Waals surface area (Å²) in [6, 6.07) is 14.6. The lowest BCUT2D eigenvalue weighted by Crippen LogP contribution is -2.30. The number of aromatic nitrogens is 1. The van der Waals surface area contributed by atoms with Gasteiger partial charge in [-0.1, -0.05) is 36.8 Å². The summed E-state index contributed by atoms with van der Waals surface area (Å²) in [5.74, 6) is -2.05. The molecule has 184 valence electrons. The molecule has 0 amide bonds. The van der Waals surface area contributed by atoms with E-state index in [0.29, 0.717) is 11.3 Å². The average molecular weight is 482 g/mol. The van der Waals surface area contributed by atoms with Crippen LogP contribution in [-0.4, -0.2) is 35.1 Å². The minimum atomic E-state index is -0.814. The smallest absolute Gasteiger partial charge is 0.309 e. The Morgan fingerprint density at radius 2 is 1.69 bits per heavy atom. The van der Waals surface area contributed by atoms with Crippen molar-refractivity contribution in [2.24, 2.45) is 5.92 Å². The summed E-state index contributed by atoms with van der Waals surface area (Å²) in [6.07, 6.45) is -0.351. The molecule has 1 N–H and O–H groups in total. The highest BCUT2D eigenvalue weighted by molar-refractivity contribution is 5.99. The Bertz CT molecular complexity index is 1160. The standard InChI is InChI=1S/C27H28FNO6/c1-16-5-11-21(12-6-16)35-26(19-7-9-20(28)10-8-19)18(3)34-27(32)17(2)15-22(30)24-25(31)23(33-4)13-14-29-24/h5-14,17-18,26,31H,15H2,1-4H3/t17-,18+,26+/m1/s1. The number of ether oxygens (including phenoxy) is 3. The fourth-order valence-electron chi connectivity index (χ4n) is 3.48. The predicted molar refractivity (Wildman–Crippen MR) is 127 cm³/mol. The molecule has 0 fully saturated rings. The minimum absolute atomic E-state index is 0.114. The molecule has 35 heavy (non-hydrogen) atoms. The van der Waals surface area contributed by atoms with Gasteiger partial charge in [0, 0.05) is 18.7 Å². The van der Waals surface area contributed by atoms with Gasteiger partial charge < -0.3 is 19.3 Å². The van der Waals surface area contributed by atoms with Gasteiger partial charge in [0.2, 0.25) is 0 Å². The van der Waals surface area contributed by atoms with Crippen molar-refractivity contribution < 1.29 is 33.3 Å². The highest BCUT2D eigenvalue weighted by Crippen LogP contribution is 2.30. The molecule has 0 spiro atoms. The van der Waals surface area contributed by atoms with Crippen LogP contribution in [0, 0.1) is 18.7 Å². The van der Waals surface area contributed by atoms with Crippen molar-refractivity contribution in [2.75, 3.05) is 7.11 Å². The van der Waals surface area contributed by atoms with E-state index in [-0.39, 0.29) is 23.6 Å². The van der Waals surface area contributed by atoms with Crippen molar-refractivity contribution in [3.05, 3.63) is 83.4 Å². The molecule has 0 aliphatic rings. The van der Waals surface area contributed by atoms with Gasteiger partial charge >= 0.3 is 5.97 Å². The second-order valence-corrected chi connectivity index (χ2v) is 8.28. The van der Waals surface area contributed by atoms with E-state index in [1.165, 1.54) is 31.5 Å². The summed E-state index contributed by atoms with van der Waals surface area (Å²) in [7, 11) is 1.36. The first kappa shape index (κ1) is 25.7. The van der Waals surface area contributed by atoms with Gasteiger partial charge in [-0.3, -0.25) is 9.59 Å². The van der Waals surface area contributed by atoms with Crippen LogP contribution in [0.1, 0.15) is 48.0 Å². The highest BCUT2D eigenvalue weighted by Gasteiger charge is 2.29. The number of esters is 1. The van der Waals surface area contributed by atoms with Crippen LogP contribution in [0.4, 0.5) is 4.39 Å². The first-order valence-electron chi connectivity index (χ1n) is 11.1. The zero-order chi connectivity index (χ0) is 25.5. The Morgan fingerprint density at radius 1 is 1.03 bits per heavy atom. The quantitative estimate of drug-likeness (QED) is 0.314. The molecule has 0 saturated carbocycles. The summed E-state index contributed by atoms with van der Waals surface area (Å²) >= 11 is 0. The number of methoxy groups -OCH3 is 1. The van der Waals surface area contributed by atoms with Crippen LogP contribution in [0.2, 0.25) is 0 Å². The van der Waals surface area contributed by atoms with Crippen molar-refractivity contribution in [2.45, 2.75) is 39.4 Å². The zero-order valence-electron chi connectivity index (χ0n) is 20.0. The minimum Gasteiger partial charge on any atom is -0.503 e. The van der Waals surface area contributed by atoms with Crippen molar-refractivity contribution in [1.29, 1.82) is 0 Å². The summed E-state index contributed by atoms with van der Waals surface area (Å²) in [6.45, 7) is 5.18. The van der Waals surface area contributed by atoms with Crippen LogP contribution >= 0.6 is 0 Å². The number of nitrogens with zero attached hydrogens (tertiary/aromatic N) is 1. The van der Waals surface area contributed by atoms with E-state index in [9.17, 15) is 19.1 Å². The molecule has 2 aromatic carbocycles. The highest BCUT2D eigenvalue weighted by atomic mass is 19.1. The molecule has 0 saturated heterocycles. The number of rotatable bonds is 10. The Hall–Kier alpha value is -3.94. The SMILES string of the molecule is COc1ccnc(C(=O)C[C@@H](C)C(=O)O[C@@H](C)[C@H](Oc2ccc(C)cc2)c2ccc(F)cc2)c1O. The van der Waals surface area contributed by atoms with Gasteiger partial charge in [0.25, 0.3) is 0 Å². The van der Waals surface area contributed by atoms with E-state index >= 15 is 0 Å². The maximum absolute atomic E-state index is 13.5. The molecule has 3 rings (SSSR count). The lowest BCUT2D eigenvalue weighted by Gasteiger charge is -2.26. The van der Waals surface area contributed by atoms with Crippen LogP contribution in [0.25, 0.3) is 0 Å². The summed E-state index contributed by atoms with van der Waals surface area (Å²) in [5, 5.41) is 10.2. The third-order valence-corrected chi connectivity index (χ3v) is 5.48. The van der Waals surface area contributed by atoms with Crippen LogP contribution in [0.3, 0.4) is 0 Å². The van der Waals surface area contributed by atoms with Crippen molar-refractivity contribution in [3.63, 3.8) is 0 Å². The third kappa shape index (κ3) is 6.56. The molecular formula is C27H28FNO6. The fraction of sp³-hybridized carbons (Fsp3) is 0.296. The molecule has 0 radical (unpaired) electrons. The van der Waals surface area contributed by atoms with E-state index < -0.39 is 35.7 Å². The first-order valence-corrected chi connectivity index (χ1v) is 11.1. The molecule has 0 unspecified atom stereocenters. The van der Waals surface area contributed by atoms with Gasteiger partial charge in [-0.05, 0) is 43.7 Å². The molecule has 0 aliphatic carbocycles. The Kier molecular flexibility index (Phi) is 8.41. The van der Waals surface area contributed by atoms with Crippen molar-refractivity contribution in [1.82, 2.24) is 4.98 Å². The number of aryl methyl sites for hydroxylation is 1. The second kappa shape index (κ2) is 11.5. The number of carbonyl (C=O) groups is 2. The van der Waals surface area contributed by atoms with Crippen LogP contribution in [0.15, 0.2) is 60.8 Å².